The summed E-state index contributed by atoms with van der Waals surface area (Å²) in [5.41, 5.74) is 3.50. The molecule has 25 heavy (non-hydrogen) atoms. The van der Waals surface area contributed by atoms with Gasteiger partial charge in [0, 0.05) is 36.3 Å². The Bertz CT molecular complexity index is 759. The lowest BCUT2D eigenvalue weighted by atomic mass is 9.92. The molecule has 0 spiro atoms. The van der Waals surface area contributed by atoms with E-state index in [2.05, 4.69) is 36.1 Å². The molecular formula is C21H25NO3. The Balaban J connectivity index is 1.61. The van der Waals surface area contributed by atoms with E-state index in [0.29, 0.717) is 5.75 Å². The van der Waals surface area contributed by atoms with Crippen LogP contribution in [0.25, 0.3) is 0 Å². The van der Waals surface area contributed by atoms with Gasteiger partial charge in [0.05, 0.1) is 0 Å². The van der Waals surface area contributed by atoms with Gasteiger partial charge >= 0.3 is 0 Å². The molecule has 1 atom stereocenters. The molecule has 1 N–H and O–H groups in total. The molecule has 2 aliphatic rings. The van der Waals surface area contributed by atoms with E-state index >= 15 is 0 Å². The number of hydrogen-bond acceptors (Lipinski definition) is 4. The van der Waals surface area contributed by atoms with Crippen molar-refractivity contribution in [3.63, 3.8) is 0 Å². The summed E-state index contributed by atoms with van der Waals surface area (Å²) >= 11 is 0. The molecule has 0 aromatic heterocycles. The number of ether oxygens (including phenoxy) is 2. The largest absolute Gasteiger partial charge is 0.508 e. The van der Waals surface area contributed by atoms with Crippen LogP contribution in [0.4, 0.5) is 5.69 Å². The Kier molecular flexibility index (Phi) is 4.43. The number of phenols is 1. The molecule has 2 aromatic rings. The zero-order chi connectivity index (χ0) is 17.2. The number of nitrogens with zero attached hydrogens (tertiary/aromatic N) is 1. The first-order valence-corrected chi connectivity index (χ1v) is 9.24. The molecule has 1 unspecified atom stereocenters. The summed E-state index contributed by atoms with van der Waals surface area (Å²) in [5, 5.41) is 10.5. The Morgan fingerprint density at radius 1 is 1.04 bits per heavy atom. The van der Waals surface area contributed by atoms with Crippen LogP contribution in [-0.2, 0) is 0 Å². The topological polar surface area (TPSA) is 41.9 Å². The fourth-order valence-electron chi connectivity index (χ4n) is 3.92. The van der Waals surface area contributed by atoms with Crippen LogP contribution >= 0.6 is 0 Å². The van der Waals surface area contributed by atoms with Crippen LogP contribution in [0.1, 0.15) is 49.7 Å². The van der Waals surface area contributed by atoms with Gasteiger partial charge in [0.1, 0.15) is 5.75 Å². The molecule has 0 amide bonds. The lowest BCUT2D eigenvalue weighted by molar-refractivity contribution is 0.174. The molecule has 4 rings (SSSR count). The van der Waals surface area contributed by atoms with Gasteiger partial charge in [0.15, 0.2) is 11.5 Å². The van der Waals surface area contributed by atoms with Crippen molar-refractivity contribution in [2.24, 2.45) is 0 Å². The molecular weight excluding hydrogens is 314 g/mol. The maximum absolute atomic E-state index is 10.5. The highest BCUT2D eigenvalue weighted by molar-refractivity contribution is 5.65. The fraction of sp³-hybridized carbons (Fsp3) is 0.429. The summed E-state index contributed by atoms with van der Waals surface area (Å²) in [6, 6.07) is 12.2. The lowest BCUT2D eigenvalue weighted by Crippen LogP contribution is -2.23. The van der Waals surface area contributed by atoms with Crippen molar-refractivity contribution in [3.05, 3.63) is 47.5 Å². The minimum absolute atomic E-state index is 0.164. The first-order chi connectivity index (χ1) is 12.3. The second kappa shape index (κ2) is 6.87. The molecule has 2 aliphatic heterocycles. The second-order valence-corrected chi connectivity index (χ2v) is 6.88. The Hall–Kier alpha value is -2.36. The van der Waals surface area contributed by atoms with Crippen LogP contribution < -0.4 is 14.4 Å². The van der Waals surface area contributed by atoms with Crippen molar-refractivity contribution < 1.29 is 14.6 Å². The van der Waals surface area contributed by atoms with E-state index in [4.69, 9.17) is 9.47 Å². The highest BCUT2D eigenvalue weighted by Crippen LogP contribution is 2.46. The molecule has 2 aromatic carbocycles. The second-order valence-electron chi connectivity index (χ2n) is 6.88. The number of anilines is 1. The average Bonchev–Trinajstić information content (AvgIpc) is 3.22. The van der Waals surface area contributed by atoms with Crippen LogP contribution in [0.15, 0.2) is 36.4 Å². The van der Waals surface area contributed by atoms with Gasteiger partial charge in [-0.1, -0.05) is 44.4 Å². The van der Waals surface area contributed by atoms with Gasteiger partial charge in [-0.15, -0.1) is 0 Å². The third-order valence-corrected chi connectivity index (χ3v) is 5.23. The summed E-state index contributed by atoms with van der Waals surface area (Å²) < 4.78 is 10.9. The predicted octanol–water partition coefficient (Wildman–Crippen LogP) is 4.65. The fourth-order valence-corrected chi connectivity index (χ4v) is 3.92. The van der Waals surface area contributed by atoms with E-state index in [-0.39, 0.29) is 18.5 Å². The molecule has 2 heterocycles. The van der Waals surface area contributed by atoms with Gasteiger partial charge in [-0.3, -0.25) is 0 Å². The number of aromatic hydroxyl groups is 1. The molecule has 0 radical (unpaired) electrons. The van der Waals surface area contributed by atoms with Crippen molar-refractivity contribution in [2.45, 2.75) is 38.5 Å². The summed E-state index contributed by atoms with van der Waals surface area (Å²) in [5.74, 6) is 1.81. The van der Waals surface area contributed by atoms with Gasteiger partial charge in [-0.2, -0.15) is 0 Å². The van der Waals surface area contributed by atoms with Crippen molar-refractivity contribution in [3.8, 4) is 17.2 Å². The van der Waals surface area contributed by atoms with Crippen molar-refractivity contribution in [2.75, 3.05) is 24.8 Å². The minimum atomic E-state index is 0.164. The van der Waals surface area contributed by atoms with Crippen LogP contribution in [0.5, 0.6) is 17.2 Å². The number of para-hydroxylation sites is 1. The summed E-state index contributed by atoms with van der Waals surface area (Å²) in [4.78, 5) is 2.46. The maximum Gasteiger partial charge on any atom is 0.231 e. The molecule has 0 saturated heterocycles. The standard InChI is InChI=1S/C21H25NO3/c1-2-3-4-7-10-22-13-17(15-8-5-6-9-18(15)22)16-11-20-21(12-19(16)23)25-14-24-20/h5-6,8-9,11-12,17,23H,2-4,7,10,13-14H2,1H3. The zero-order valence-electron chi connectivity index (χ0n) is 14.7. The van der Waals surface area contributed by atoms with E-state index in [1.807, 2.05) is 6.07 Å². The molecule has 4 nitrogen and oxygen atoms in total. The Morgan fingerprint density at radius 2 is 1.84 bits per heavy atom. The highest BCUT2D eigenvalue weighted by Gasteiger charge is 2.32. The number of unbranched alkanes of at least 4 members (excludes halogenated alkanes) is 3. The minimum Gasteiger partial charge on any atom is -0.508 e. The number of phenolic OH excluding ortho intramolecular Hbond substituents is 1. The van der Waals surface area contributed by atoms with Gasteiger partial charge in [-0.25, -0.2) is 0 Å². The predicted molar refractivity (Wildman–Crippen MR) is 98.9 cm³/mol. The van der Waals surface area contributed by atoms with E-state index in [1.165, 1.54) is 36.9 Å². The van der Waals surface area contributed by atoms with E-state index in [1.54, 1.807) is 6.07 Å². The van der Waals surface area contributed by atoms with Crippen LogP contribution in [0.3, 0.4) is 0 Å². The molecule has 0 bridgehead atoms. The van der Waals surface area contributed by atoms with E-state index in [9.17, 15) is 5.11 Å². The molecule has 132 valence electrons. The third-order valence-electron chi connectivity index (χ3n) is 5.23. The van der Waals surface area contributed by atoms with Crippen LogP contribution in [0, 0.1) is 0 Å². The number of rotatable bonds is 6. The molecule has 0 fully saturated rings. The third kappa shape index (κ3) is 3.01. The van der Waals surface area contributed by atoms with E-state index < -0.39 is 0 Å². The first-order valence-electron chi connectivity index (χ1n) is 9.24. The van der Waals surface area contributed by atoms with Crippen molar-refractivity contribution >= 4 is 5.69 Å². The summed E-state index contributed by atoms with van der Waals surface area (Å²) in [7, 11) is 0. The zero-order valence-corrected chi connectivity index (χ0v) is 14.7. The molecule has 0 aliphatic carbocycles. The first kappa shape index (κ1) is 16.1. The van der Waals surface area contributed by atoms with Crippen molar-refractivity contribution in [1.82, 2.24) is 0 Å². The number of fused-ring (bicyclic) bond motifs is 2. The van der Waals surface area contributed by atoms with Crippen molar-refractivity contribution in [1.29, 1.82) is 0 Å². The van der Waals surface area contributed by atoms with Gasteiger partial charge in [0.25, 0.3) is 0 Å². The smallest absolute Gasteiger partial charge is 0.231 e. The lowest BCUT2D eigenvalue weighted by Gasteiger charge is -2.20. The average molecular weight is 339 g/mol. The van der Waals surface area contributed by atoms with Crippen LogP contribution in [-0.4, -0.2) is 25.0 Å². The van der Waals surface area contributed by atoms with E-state index in [0.717, 1.165) is 24.4 Å². The maximum atomic E-state index is 10.5. The molecule has 4 heteroatoms. The Morgan fingerprint density at radius 3 is 2.68 bits per heavy atom. The summed E-state index contributed by atoms with van der Waals surface area (Å²) in [6.45, 7) is 4.43. The summed E-state index contributed by atoms with van der Waals surface area (Å²) in [6.07, 6.45) is 5.03. The normalized spacial score (nSPS) is 17.8. The number of benzene rings is 2. The SMILES string of the molecule is CCCCCCN1CC(c2cc3c(cc2O)OCO3)c2ccccc21. The van der Waals surface area contributed by atoms with Gasteiger partial charge < -0.3 is 19.5 Å². The quantitative estimate of drug-likeness (QED) is 0.778. The highest BCUT2D eigenvalue weighted by atomic mass is 16.7. The molecule has 0 saturated carbocycles. The van der Waals surface area contributed by atoms with Gasteiger partial charge in [-0.05, 0) is 24.1 Å². The van der Waals surface area contributed by atoms with Crippen LogP contribution in [0.2, 0.25) is 0 Å². The number of hydrogen-bond donors (Lipinski definition) is 1. The van der Waals surface area contributed by atoms with Gasteiger partial charge in [0.2, 0.25) is 6.79 Å². The Labute approximate surface area is 149 Å². The monoisotopic (exact) mass is 339 g/mol.